The normalized spacial score (nSPS) is 15.4. The van der Waals surface area contributed by atoms with Gasteiger partial charge in [0.05, 0.1) is 13.7 Å². The SMILES string of the molecule is COCCNS(=O)(=O)c1cc(C(=O)N2CCCN(Cc3ccccc3)CC2)ccc1OC. The van der Waals surface area contributed by atoms with E-state index < -0.39 is 10.0 Å². The highest BCUT2D eigenvalue weighted by Gasteiger charge is 2.25. The molecule has 174 valence electrons. The van der Waals surface area contributed by atoms with Gasteiger partial charge in [0, 0.05) is 51.9 Å². The molecule has 1 fully saturated rings. The second kappa shape index (κ2) is 11.4. The molecule has 1 amide bonds. The van der Waals surface area contributed by atoms with E-state index in [1.54, 1.807) is 11.0 Å². The number of carbonyl (C=O) groups excluding carboxylic acids is 1. The van der Waals surface area contributed by atoms with Gasteiger partial charge in [-0.2, -0.15) is 0 Å². The molecule has 0 aromatic heterocycles. The van der Waals surface area contributed by atoms with Gasteiger partial charge in [0.1, 0.15) is 10.6 Å². The van der Waals surface area contributed by atoms with Gasteiger partial charge >= 0.3 is 0 Å². The quantitative estimate of drug-likeness (QED) is 0.575. The van der Waals surface area contributed by atoms with E-state index in [0.29, 0.717) is 18.7 Å². The zero-order chi connectivity index (χ0) is 23.0. The molecule has 3 rings (SSSR count). The maximum absolute atomic E-state index is 13.2. The zero-order valence-electron chi connectivity index (χ0n) is 18.6. The summed E-state index contributed by atoms with van der Waals surface area (Å²) in [4.78, 5) is 17.3. The number of amides is 1. The van der Waals surface area contributed by atoms with Crippen LogP contribution >= 0.6 is 0 Å². The number of methoxy groups -OCH3 is 2. The summed E-state index contributed by atoms with van der Waals surface area (Å²) in [5.41, 5.74) is 1.58. The van der Waals surface area contributed by atoms with Gasteiger partial charge in [-0.25, -0.2) is 13.1 Å². The van der Waals surface area contributed by atoms with Crippen molar-refractivity contribution < 1.29 is 22.7 Å². The molecule has 2 aromatic carbocycles. The Morgan fingerprint density at radius 1 is 1.03 bits per heavy atom. The number of sulfonamides is 1. The summed E-state index contributed by atoms with van der Waals surface area (Å²) in [6, 6.07) is 14.8. The van der Waals surface area contributed by atoms with Crippen molar-refractivity contribution in [1.29, 1.82) is 0 Å². The number of carbonyl (C=O) groups is 1. The van der Waals surface area contributed by atoms with Crippen LogP contribution in [-0.4, -0.2) is 77.7 Å². The minimum absolute atomic E-state index is 0.0533. The van der Waals surface area contributed by atoms with Crippen molar-refractivity contribution in [2.75, 3.05) is 53.6 Å². The van der Waals surface area contributed by atoms with Gasteiger partial charge in [0.15, 0.2) is 0 Å². The summed E-state index contributed by atoms with van der Waals surface area (Å²) in [5, 5.41) is 0. The Balaban J connectivity index is 1.71. The minimum atomic E-state index is -3.85. The highest BCUT2D eigenvalue weighted by molar-refractivity contribution is 7.89. The molecule has 0 spiro atoms. The minimum Gasteiger partial charge on any atom is -0.495 e. The van der Waals surface area contributed by atoms with Crippen LogP contribution in [0.3, 0.4) is 0 Å². The van der Waals surface area contributed by atoms with Crippen LogP contribution in [0.1, 0.15) is 22.3 Å². The first-order valence-corrected chi connectivity index (χ1v) is 12.1. The van der Waals surface area contributed by atoms with Gasteiger partial charge in [0.25, 0.3) is 5.91 Å². The lowest BCUT2D eigenvalue weighted by atomic mass is 10.2. The standard InChI is InChI=1S/C23H31N3O5S/c1-30-16-11-24-32(28,29)22-17-20(9-10-21(22)31-2)23(27)26-13-6-12-25(14-15-26)18-19-7-4-3-5-8-19/h3-5,7-10,17,24H,6,11-16,18H2,1-2H3. The van der Waals surface area contributed by atoms with Crippen molar-refractivity contribution in [1.82, 2.24) is 14.5 Å². The van der Waals surface area contributed by atoms with Crippen molar-refractivity contribution in [3.63, 3.8) is 0 Å². The monoisotopic (exact) mass is 461 g/mol. The fraction of sp³-hybridized carbons (Fsp3) is 0.435. The van der Waals surface area contributed by atoms with Crippen LogP contribution in [0.2, 0.25) is 0 Å². The molecule has 0 bridgehead atoms. The Bertz CT molecular complexity index is 998. The predicted octanol–water partition coefficient (Wildman–Crippen LogP) is 1.97. The lowest BCUT2D eigenvalue weighted by molar-refractivity contribution is 0.0761. The van der Waals surface area contributed by atoms with Crippen molar-refractivity contribution in [3.8, 4) is 5.75 Å². The van der Waals surface area contributed by atoms with E-state index in [2.05, 4.69) is 21.8 Å². The molecule has 0 atom stereocenters. The maximum Gasteiger partial charge on any atom is 0.253 e. The van der Waals surface area contributed by atoms with Crippen molar-refractivity contribution in [2.24, 2.45) is 0 Å². The van der Waals surface area contributed by atoms with Crippen LogP contribution in [0.15, 0.2) is 53.4 Å². The first-order chi connectivity index (χ1) is 15.4. The average Bonchev–Trinajstić information content (AvgIpc) is 3.04. The number of ether oxygens (including phenoxy) is 2. The summed E-state index contributed by atoms with van der Waals surface area (Å²) in [6.45, 7) is 4.11. The summed E-state index contributed by atoms with van der Waals surface area (Å²) in [7, 11) is -0.946. The number of benzene rings is 2. The van der Waals surface area contributed by atoms with Gasteiger partial charge in [-0.1, -0.05) is 30.3 Å². The third-order valence-electron chi connectivity index (χ3n) is 5.42. The molecule has 0 saturated carbocycles. The number of nitrogens with one attached hydrogen (secondary N) is 1. The molecular formula is C23H31N3O5S. The maximum atomic E-state index is 13.2. The third kappa shape index (κ3) is 6.29. The number of hydrogen-bond donors (Lipinski definition) is 1. The van der Waals surface area contributed by atoms with Gasteiger partial charge < -0.3 is 14.4 Å². The summed E-state index contributed by atoms with van der Waals surface area (Å²) in [5.74, 6) is 0.0129. The molecule has 1 saturated heterocycles. The van der Waals surface area contributed by atoms with Crippen LogP contribution < -0.4 is 9.46 Å². The Labute approximate surface area is 190 Å². The molecule has 32 heavy (non-hydrogen) atoms. The van der Waals surface area contributed by atoms with Gasteiger partial charge in [-0.15, -0.1) is 0 Å². The van der Waals surface area contributed by atoms with Crippen LogP contribution in [0.5, 0.6) is 5.75 Å². The Morgan fingerprint density at radius 2 is 1.81 bits per heavy atom. The van der Waals surface area contributed by atoms with E-state index in [0.717, 1.165) is 26.1 Å². The lowest BCUT2D eigenvalue weighted by Crippen LogP contribution is -2.35. The van der Waals surface area contributed by atoms with Crippen LogP contribution in [-0.2, 0) is 21.3 Å². The van der Waals surface area contributed by atoms with E-state index in [1.807, 2.05) is 18.2 Å². The predicted molar refractivity (Wildman–Crippen MR) is 122 cm³/mol. The second-order valence-electron chi connectivity index (χ2n) is 7.66. The van der Waals surface area contributed by atoms with Crippen molar-refractivity contribution >= 4 is 15.9 Å². The van der Waals surface area contributed by atoms with E-state index in [1.165, 1.54) is 31.9 Å². The van der Waals surface area contributed by atoms with Crippen LogP contribution in [0.4, 0.5) is 0 Å². The molecule has 1 N–H and O–H groups in total. The second-order valence-corrected chi connectivity index (χ2v) is 9.40. The number of rotatable bonds is 9. The number of nitrogens with zero attached hydrogens (tertiary/aromatic N) is 2. The third-order valence-corrected chi connectivity index (χ3v) is 6.91. The summed E-state index contributed by atoms with van der Waals surface area (Å²) >= 11 is 0. The molecule has 2 aromatic rings. The fourth-order valence-corrected chi connectivity index (χ4v) is 4.94. The van der Waals surface area contributed by atoms with E-state index in [9.17, 15) is 13.2 Å². The van der Waals surface area contributed by atoms with E-state index in [-0.39, 0.29) is 29.7 Å². The highest BCUT2D eigenvalue weighted by Crippen LogP contribution is 2.25. The van der Waals surface area contributed by atoms with Crippen molar-refractivity contribution in [3.05, 3.63) is 59.7 Å². The van der Waals surface area contributed by atoms with Gasteiger partial charge in [-0.3, -0.25) is 9.69 Å². The van der Waals surface area contributed by atoms with Crippen LogP contribution in [0, 0.1) is 0 Å². The smallest absolute Gasteiger partial charge is 0.253 e. The highest BCUT2D eigenvalue weighted by atomic mass is 32.2. The van der Waals surface area contributed by atoms with E-state index in [4.69, 9.17) is 9.47 Å². The topological polar surface area (TPSA) is 88.2 Å². The largest absolute Gasteiger partial charge is 0.495 e. The summed E-state index contributed by atoms with van der Waals surface area (Å²) in [6.07, 6.45) is 0.860. The molecule has 9 heteroatoms. The zero-order valence-corrected chi connectivity index (χ0v) is 19.4. The number of hydrogen-bond acceptors (Lipinski definition) is 6. The molecule has 1 heterocycles. The average molecular weight is 462 g/mol. The Morgan fingerprint density at radius 3 is 2.53 bits per heavy atom. The molecule has 1 aliphatic rings. The first-order valence-electron chi connectivity index (χ1n) is 10.7. The lowest BCUT2D eigenvalue weighted by Gasteiger charge is -2.22. The van der Waals surface area contributed by atoms with Crippen molar-refractivity contribution in [2.45, 2.75) is 17.9 Å². The summed E-state index contributed by atoms with van der Waals surface area (Å²) < 4.78 is 38.1. The molecule has 8 nitrogen and oxygen atoms in total. The molecule has 0 unspecified atom stereocenters. The van der Waals surface area contributed by atoms with Gasteiger partial charge in [-0.05, 0) is 30.2 Å². The molecule has 0 aliphatic carbocycles. The molecular weight excluding hydrogens is 430 g/mol. The fourth-order valence-electron chi connectivity index (χ4n) is 3.73. The Hall–Kier alpha value is -2.46. The molecule has 0 radical (unpaired) electrons. The Kier molecular flexibility index (Phi) is 8.63. The van der Waals surface area contributed by atoms with Gasteiger partial charge in [0.2, 0.25) is 10.0 Å². The first kappa shape index (κ1) is 24.2. The van der Waals surface area contributed by atoms with Crippen LogP contribution in [0.25, 0.3) is 0 Å². The van der Waals surface area contributed by atoms with E-state index >= 15 is 0 Å². The molecule has 1 aliphatic heterocycles.